The highest BCUT2D eigenvalue weighted by Gasteiger charge is 2.28. The fourth-order valence-corrected chi connectivity index (χ4v) is 3.11. The largest absolute Gasteiger partial charge is 0.378 e. The summed E-state index contributed by atoms with van der Waals surface area (Å²) < 4.78 is 0. The molecule has 0 radical (unpaired) electrons. The number of carbonyl (C=O) groups excluding carboxylic acids is 1. The Morgan fingerprint density at radius 3 is 2.48 bits per heavy atom. The van der Waals surface area contributed by atoms with Crippen molar-refractivity contribution in [3.05, 3.63) is 24.5 Å². The van der Waals surface area contributed by atoms with Gasteiger partial charge in [-0.15, -0.1) is 0 Å². The molecule has 2 aliphatic rings. The Bertz CT molecular complexity index is 454. The normalized spacial score (nSPS) is 20.5. The third-order valence-corrected chi connectivity index (χ3v) is 4.31. The molecule has 2 fully saturated rings. The fourth-order valence-electron chi connectivity index (χ4n) is 3.11. The first kappa shape index (κ1) is 14.1. The van der Waals surface area contributed by atoms with Crippen molar-refractivity contribution in [2.75, 3.05) is 26.2 Å². The number of likely N-dealkylation sites (tertiary alicyclic amines) is 2. The number of rotatable bonds is 3. The van der Waals surface area contributed by atoms with Crippen LogP contribution in [0.3, 0.4) is 0 Å². The van der Waals surface area contributed by atoms with Crippen molar-refractivity contribution >= 4 is 6.03 Å². The molecule has 3 rings (SSSR count). The SMILES string of the molecule is O=C(NOc1ccncc1)N1CCC(N2CCCC2)CC1. The monoisotopic (exact) mass is 290 g/mol. The predicted octanol–water partition coefficient (Wildman–Crippen LogP) is 1.65. The van der Waals surface area contributed by atoms with Crippen molar-refractivity contribution in [2.24, 2.45) is 0 Å². The molecule has 2 saturated heterocycles. The molecule has 0 saturated carbocycles. The van der Waals surface area contributed by atoms with E-state index in [4.69, 9.17) is 4.84 Å². The van der Waals surface area contributed by atoms with Crippen LogP contribution in [0.5, 0.6) is 5.75 Å². The maximum Gasteiger partial charge on any atom is 0.350 e. The van der Waals surface area contributed by atoms with Crippen molar-refractivity contribution in [1.82, 2.24) is 20.3 Å². The summed E-state index contributed by atoms with van der Waals surface area (Å²) in [6.07, 6.45) is 8.01. The minimum absolute atomic E-state index is 0.160. The van der Waals surface area contributed by atoms with Crippen LogP contribution >= 0.6 is 0 Å². The summed E-state index contributed by atoms with van der Waals surface area (Å²) in [6.45, 7) is 4.05. The fraction of sp³-hybridized carbons (Fsp3) is 0.600. The number of pyridine rings is 1. The Morgan fingerprint density at radius 1 is 1.14 bits per heavy atom. The molecule has 6 heteroatoms. The number of hydrogen-bond acceptors (Lipinski definition) is 4. The molecule has 2 aliphatic heterocycles. The topological polar surface area (TPSA) is 57.7 Å². The maximum absolute atomic E-state index is 12.1. The summed E-state index contributed by atoms with van der Waals surface area (Å²) in [7, 11) is 0. The van der Waals surface area contributed by atoms with Crippen molar-refractivity contribution in [1.29, 1.82) is 0 Å². The Kier molecular flexibility index (Phi) is 4.55. The molecule has 6 nitrogen and oxygen atoms in total. The van der Waals surface area contributed by atoms with E-state index in [9.17, 15) is 4.79 Å². The molecular formula is C15H22N4O2. The van der Waals surface area contributed by atoms with Crippen molar-refractivity contribution in [2.45, 2.75) is 31.7 Å². The molecule has 21 heavy (non-hydrogen) atoms. The lowest BCUT2D eigenvalue weighted by atomic mass is 10.0. The lowest BCUT2D eigenvalue weighted by Crippen LogP contribution is -2.49. The molecule has 1 N–H and O–H groups in total. The van der Waals surface area contributed by atoms with Crippen LogP contribution in [-0.4, -0.2) is 53.0 Å². The van der Waals surface area contributed by atoms with E-state index in [1.807, 2.05) is 4.90 Å². The first-order chi connectivity index (χ1) is 10.3. The quantitative estimate of drug-likeness (QED) is 0.860. The number of nitrogens with zero attached hydrogens (tertiary/aromatic N) is 3. The molecule has 2 amide bonds. The number of urea groups is 1. The van der Waals surface area contributed by atoms with Crippen LogP contribution in [0, 0.1) is 0 Å². The van der Waals surface area contributed by atoms with Gasteiger partial charge in [0.15, 0.2) is 5.75 Å². The lowest BCUT2D eigenvalue weighted by molar-refractivity contribution is 0.109. The summed E-state index contributed by atoms with van der Waals surface area (Å²) in [6, 6.07) is 3.91. The smallest absolute Gasteiger partial charge is 0.350 e. The zero-order valence-electron chi connectivity index (χ0n) is 12.2. The van der Waals surface area contributed by atoms with Gasteiger partial charge in [-0.3, -0.25) is 4.98 Å². The van der Waals surface area contributed by atoms with Gasteiger partial charge in [-0.05, 0) is 38.8 Å². The highest BCUT2D eigenvalue weighted by atomic mass is 16.7. The molecular weight excluding hydrogens is 268 g/mol. The van der Waals surface area contributed by atoms with Gasteiger partial charge in [0.05, 0.1) is 0 Å². The van der Waals surface area contributed by atoms with Gasteiger partial charge in [0.25, 0.3) is 0 Å². The van der Waals surface area contributed by atoms with Crippen molar-refractivity contribution < 1.29 is 9.63 Å². The molecule has 0 bridgehead atoms. The summed E-state index contributed by atoms with van der Waals surface area (Å²) in [5, 5.41) is 0. The van der Waals surface area contributed by atoms with E-state index in [1.165, 1.54) is 25.9 Å². The van der Waals surface area contributed by atoms with Crippen molar-refractivity contribution in [3.8, 4) is 5.75 Å². The summed E-state index contributed by atoms with van der Waals surface area (Å²) in [5.41, 5.74) is 2.50. The number of hydroxylamine groups is 1. The molecule has 0 spiro atoms. The van der Waals surface area contributed by atoms with Gasteiger partial charge >= 0.3 is 6.03 Å². The summed E-state index contributed by atoms with van der Waals surface area (Å²) >= 11 is 0. The van der Waals surface area contributed by atoms with Crippen LogP contribution in [-0.2, 0) is 0 Å². The third-order valence-electron chi connectivity index (χ3n) is 4.31. The number of nitrogens with one attached hydrogen (secondary N) is 1. The van der Waals surface area contributed by atoms with Gasteiger partial charge < -0.3 is 14.6 Å². The highest BCUT2D eigenvalue weighted by Crippen LogP contribution is 2.21. The Hall–Kier alpha value is -1.82. The van der Waals surface area contributed by atoms with Crippen LogP contribution < -0.4 is 10.3 Å². The Balaban J connectivity index is 1.42. The minimum atomic E-state index is -0.160. The Morgan fingerprint density at radius 2 is 1.81 bits per heavy atom. The van der Waals surface area contributed by atoms with Crippen LogP contribution in [0.1, 0.15) is 25.7 Å². The van der Waals surface area contributed by atoms with E-state index in [0.717, 1.165) is 25.9 Å². The first-order valence-corrected chi connectivity index (χ1v) is 7.69. The lowest BCUT2D eigenvalue weighted by Gasteiger charge is -2.36. The van der Waals surface area contributed by atoms with Gasteiger partial charge in [0, 0.05) is 43.7 Å². The molecule has 0 aromatic carbocycles. The minimum Gasteiger partial charge on any atom is -0.378 e. The van der Waals surface area contributed by atoms with Gasteiger partial charge in [0.1, 0.15) is 0 Å². The van der Waals surface area contributed by atoms with Gasteiger partial charge in [-0.25, -0.2) is 4.79 Å². The number of piperidine rings is 1. The van der Waals surface area contributed by atoms with E-state index in [-0.39, 0.29) is 6.03 Å². The van der Waals surface area contributed by atoms with E-state index < -0.39 is 0 Å². The first-order valence-electron chi connectivity index (χ1n) is 7.69. The number of hydrogen-bond donors (Lipinski definition) is 1. The second-order valence-corrected chi connectivity index (χ2v) is 5.65. The Labute approximate surface area is 125 Å². The average molecular weight is 290 g/mol. The second kappa shape index (κ2) is 6.76. The van der Waals surface area contributed by atoms with Crippen LogP contribution in [0.2, 0.25) is 0 Å². The predicted molar refractivity (Wildman–Crippen MR) is 78.8 cm³/mol. The van der Waals surface area contributed by atoms with E-state index in [1.54, 1.807) is 24.5 Å². The third kappa shape index (κ3) is 3.64. The molecule has 0 atom stereocenters. The average Bonchev–Trinajstić information content (AvgIpc) is 3.08. The standard InChI is InChI=1S/C15H22N4O2/c20-15(17-21-14-3-7-16-8-4-14)19-11-5-13(6-12-19)18-9-1-2-10-18/h3-4,7-8,13H,1-2,5-6,9-12H2,(H,17,20). The molecule has 0 unspecified atom stereocenters. The number of amides is 2. The maximum atomic E-state index is 12.1. The van der Waals surface area contributed by atoms with Crippen LogP contribution in [0.15, 0.2) is 24.5 Å². The second-order valence-electron chi connectivity index (χ2n) is 5.65. The molecule has 1 aromatic rings. The van der Waals surface area contributed by atoms with E-state index in [2.05, 4.69) is 15.4 Å². The van der Waals surface area contributed by atoms with Crippen molar-refractivity contribution in [3.63, 3.8) is 0 Å². The van der Waals surface area contributed by atoms with Crippen LogP contribution in [0.4, 0.5) is 4.79 Å². The zero-order chi connectivity index (χ0) is 14.5. The highest BCUT2D eigenvalue weighted by molar-refractivity contribution is 5.73. The zero-order valence-corrected chi connectivity index (χ0v) is 12.2. The number of aromatic nitrogens is 1. The van der Waals surface area contributed by atoms with E-state index >= 15 is 0 Å². The summed E-state index contributed by atoms with van der Waals surface area (Å²) in [4.78, 5) is 25.6. The number of carbonyl (C=O) groups is 1. The van der Waals surface area contributed by atoms with Gasteiger partial charge in [0.2, 0.25) is 0 Å². The molecule has 3 heterocycles. The van der Waals surface area contributed by atoms with Crippen LogP contribution in [0.25, 0.3) is 0 Å². The van der Waals surface area contributed by atoms with Gasteiger partial charge in [-0.1, -0.05) is 0 Å². The summed E-state index contributed by atoms with van der Waals surface area (Å²) in [5.74, 6) is 0.588. The molecule has 114 valence electrons. The van der Waals surface area contributed by atoms with Gasteiger partial charge in [-0.2, -0.15) is 5.48 Å². The van der Waals surface area contributed by atoms with E-state index in [0.29, 0.717) is 11.8 Å². The molecule has 1 aromatic heterocycles. The molecule has 0 aliphatic carbocycles.